The molecule has 24 heavy (non-hydrogen) atoms. The van der Waals surface area contributed by atoms with Crippen molar-refractivity contribution in [1.29, 1.82) is 0 Å². The number of carbonyl (C=O) groups excluding carboxylic acids is 1. The average Bonchev–Trinajstić information content (AvgIpc) is 3.01. The smallest absolute Gasteiger partial charge is 0.321 e. The maximum absolute atomic E-state index is 12.6. The third kappa shape index (κ3) is 4.83. The summed E-state index contributed by atoms with van der Waals surface area (Å²) in [6.07, 6.45) is 4.96. The van der Waals surface area contributed by atoms with E-state index in [1.54, 1.807) is 9.58 Å². The monoisotopic (exact) mass is 330 g/mol. The Labute approximate surface area is 143 Å². The quantitative estimate of drug-likeness (QED) is 0.730. The number of aliphatic hydroxyl groups excluding tert-OH is 1. The van der Waals surface area contributed by atoms with Gasteiger partial charge in [-0.15, -0.1) is 0 Å². The van der Waals surface area contributed by atoms with Crippen molar-refractivity contribution in [3.63, 3.8) is 0 Å². The lowest BCUT2D eigenvalue weighted by molar-refractivity contribution is 0.187. The molecule has 0 fully saturated rings. The summed E-state index contributed by atoms with van der Waals surface area (Å²) in [6, 6.07) is 9.28. The highest BCUT2D eigenvalue weighted by molar-refractivity contribution is 5.91. The van der Waals surface area contributed by atoms with Gasteiger partial charge in [-0.1, -0.05) is 31.9 Å². The lowest BCUT2D eigenvalue weighted by Crippen LogP contribution is -2.38. The number of carbonyl (C=O) groups is 1. The van der Waals surface area contributed by atoms with Crippen molar-refractivity contribution in [2.24, 2.45) is 0 Å². The summed E-state index contributed by atoms with van der Waals surface area (Å²) < 4.78 is 1.75. The number of nitrogens with one attached hydrogen (secondary N) is 1. The Balaban J connectivity index is 2.12. The van der Waals surface area contributed by atoms with Crippen LogP contribution in [0.1, 0.15) is 31.9 Å². The highest BCUT2D eigenvalue weighted by Gasteiger charge is 2.15. The van der Waals surface area contributed by atoms with Crippen molar-refractivity contribution in [3.8, 4) is 5.69 Å². The van der Waals surface area contributed by atoms with Gasteiger partial charge in [0.15, 0.2) is 0 Å². The Hall–Kier alpha value is -2.34. The van der Waals surface area contributed by atoms with Crippen LogP contribution in [0.15, 0.2) is 36.5 Å². The molecule has 0 aliphatic heterocycles. The second kappa shape index (κ2) is 9.08. The molecule has 0 atom stereocenters. The summed E-state index contributed by atoms with van der Waals surface area (Å²) in [4.78, 5) is 14.2. The first-order valence-electron chi connectivity index (χ1n) is 8.44. The molecule has 1 heterocycles. The van der Waals surface area contributed by atoms with Gasteiger partial charge in [0, 0.05) is 19.3 Å². The second-order valence-corrected chi connectivity index (χ2v) is 5.77. The first-order chi connectivity index (χ1) is 11.7. The summed E-state index contributed by atoms with van der Waals surface area (Å²) in [7, 11) is 0. The van der Waals surface area contributed by atoms with Crippen molar-refractivity contribution in [3.05, 3.63) is 42.2 Å². The minimum Gasteiger partial charge on any atom is -0.395 e. The summed E-state index contributed by atoms with van der Waals surface area (Å²) in [5.41, 5.74) is 2.43. The highest BCUT2D eigenvalue weighted by Crippen LogP contribution is 2.20. The van der Waals surface area contributed by atoms with Gasteiger partial charge in [-0.3, -0.25) is 0 Å². The van der Waals surface area contributed by atoms with Gasteiger partial charge in [0.25, 0.3) is 0 Å². The molecule has 0 bridgehead atoms. The van der Waals surface area contributed by atoms with Crippen molar-refractivity contribution < 1.29 is 9.90 Å². The van der Waals surface area contributed by atoms with Gasteiger partial charge in [0.1, 0.15) is 0 Å². The molecule has 2 N–H and O–H groups in total. The molecule has 0 aliphatic carbocycles. The number of aryl methyl sites for hydroxylation is 1. The zero-order valence-corrected chi connectivity index (χ0v) is 14.4. The van der Waals surface area contributed by atoms with Crippen LogP contribution < -0.4 is 5.32 Å². The molecule has 2 aromatic rings. The van der Waals surface area contributed by atoms with Gasteiger partial charge >= 0.3 is 6.03 Å². The third-order valence-electron chi connectivity index (χ3n) is 3.80. The molecule has 0 spiro atoms. The van der Waals surface area contributed by atoms with Crippen molar-refractivity contribution in [2.75, 3.05) is 25.0 Å². The average molecular weight is 330 g/mol. The molecule has 6 heteroatoms. The SMILES string of the molecule is CCCCCN(CCO)C(=O)Nc1ccccc1-n1ccc(C)n1. The number of hydrogen-bond acceptors (Lipinski definition) is 3. The molecule has 2 rings (SSSR count). The molecule has 1 aromatic heterocycles. The summed E-state index contributed by atoms with van der Waals surface area (Å²) in [5.74, 6) is 0. The normalized spacial score (nSPS) is 10.6. The van der Waals surface area contributed by atoms with E-state index in [0.717, 1.165) is 30.6 Å². The van der Waals surface area contributed by atoms with E-state index in [1.807, 2.05) is 43.5 Å². The van der Waals surface area contributed by atoms with Crippen LogP contribution in [-0.2, 0) is 0 Å². The number of aliphatic hydroxyl groups is 1. The molecule has 0 radical (unpaired) electrons. The predicted molar refractivity (Wildman–Crippen MR) is 95.5 cm³/mol. The van der Waals surface area contributed by atoms with Crippen LogP contribution in [0.25, 0.3) is 5.69 Å². The first kappa shape index (κ1) is 18.0. The standard InChI is InChI=1S/C18H26N4O2/c1-3-4-7-11-21(13-14-23)18(24)19-16-8-5-6-9-17(16)22-12-10-15(2)20-22/h5-6,8-10,12,23H,3-4,7,11,13-14H2,1-2H3,(H,19,24). The van der Waals surface area contributed by atoms with Gasteiger partial charge in [0.05, 0.1) is 23.7 Å². The van der Waals surface area contributed by atoms with Crippen LogP contribution in [0.3, 0.4) is 0 Å². The largest absolute Gasteiger partial charge is 0.395 e. The third-order valence-corrected chi connectivity index (χ3v) is 3.80. The van der Waals surface area contributed by atoms with Crippen LogP contribution in [0.4, 0.5) is 10.5 Å². The molecule has 6 nitrogen and oxygen atoms in total. The van der Waals surface area contributed by atoms with Crippen LogP contribution in [-0.4, -0.2) is 45.5 Å². The van der Waals surface area contributed by atoms with E-state index in [4.69, 9.17) is 0 Å². The number of para-hydroxylation sites is 2. The number of anilines is 1. The summed E-state index contributed by atoms with van der Waals surface area (Å²) >= 11 is 0. The number of hydrogen-bond donors (Lipinski definition) is 2. The van der Waals surface area contributed by atoms with Gasteiger partial charge in [-0.25, -0.2) is 9.48 Å². The molecule has 2 amide bonds. The highest BCUT2D eigenvalue weighted by atomic mass is 16.3. The fraction of sp³-hybridized carbons (Fsp3) is 0.444. The van der Waals surface area contributed by atoms with Crippen LogP contribution in [0.5, 0.6) is 0 Å². The van der Waals surface area contributed by atoms with Gasteiger partial charge in [-0.05, 0) is 31.5 Å². The number of nitrogens with zero attached hydrogens (tertiary/aromatic N) is 3. The van der Waals surface area contributed by atoms with E-state index in [2.05, 4.69) is 17.3 Å². The van der Waals surface area contributed by atoms with E-state index in [9.17, 15) is 9.90 Å². The Bertz CT molecular complexity index is 654. The van der Waals surface area contributed by atoms with E-state index in [0.29, 0.717) is 18.8 Å². The van der Waals surface area contributed by atoms with Crippen LogP contribution in [0.2, 0.25) is 0 Å². The van der Waals surface area contributed by atoms with E-state index >= 15 is 0 Å². The molecule has 1 aromatic carbocycles. The lowest BCUT2D eigenvalue weighted by Gasteiger charge is -2.23. The summed E-state index contributed by atoms with van der Waals surface area (Å²) in [6.45, 7) is 4.98. The maximum Gasteiger partial charge on any atom is 0.321 e. The molecule has 0 saturated heterocycles. The van der Waals surface area contributed by atoms with Gasteiger partial charge in [-0.2, -0.15) is 5.10 Å². The maximum atomic E-state index is 12.6. The predicted octanol–water partition coefficient (Wildman–Crippen LogP) is 3.20. The Morgan fingerprint density at radius 3 is 2.71 bits per heavy atom. The number of rotatable bonds is 8. The fourth-order valence-electron chi connectivity index (χ4n) is 2.51. The molecule has 0 unspecified atom stereocenters. The molecular formula is C18H26N4O2. The Morgan fingerprint density at radius 2 is 2.04 bits per heavy atom. The van der Waals surface area contributed by atoms with E-state index in [-0.39, 0.29) is 12.6 Å². The van der Waals surface area contributed by atoms with Crippen molar-refractivity contribution in [1.82, 2.24) is 14.7 Å². The van der Waals surface area contributed by atoms with Crippen LogP contribution in [0, 0.1) is 6.92 Å². The Kier molecular flexibility index (Phi) is 6.81. The second-order valence-electron chi connectivity index (χ2n) is 5.77. The number of unbranched alkanes of at least 4 members (excludes halogenated alkanes) is 2. The van der Waals surface area contributed by atoms with Crippen LogP contribution >= 0.6 is 0 Å². The summed E-state index contributed by atoms with van der Waals surface area (Å²) in [5, 5.41) is 16.6. The minimum absolute atomic E-state index is 0.0421. The zero-order valence-electron chi connectivity index (χ0n) is 14.4. The topological polar surface area (TPSA) is 70.4 Å². The van der Waals surface area contributed by atoms with Gasteiger partial charge < -0.3 is 15.3 Å². The van der Waals surface area contributed by atoms with E-state index < -0.39 is 0 Å². The number of aromatic nitrogens is 2. The van der Waals surface area contributed by atoms with Crippen molar-refractivity contribution >= 4 is 11.7 Å². The van der Waals surface area contributed by atoms with E-state index in [1.165, 1.54) is 0 Å². The fourth-order valence-corrected chi connectivity index (χ4v) is 2.51. The van der Waals surface area contributed by atoms with Crippen molar-refractivity contribution in [2.45, 2.75) is 33.1 Å². The minimum atomic E-state index is -0.198. The molecule has 0 aliphatic rings. The molecule has 130 valence electrons. The molecule has 0 saturated carbocycles. The first-order valence-corrected chi connectivity index (χ1v) is 8.44. The lowest BCUT2D eigenvalue weighted by atomic mass is 10.2. The number of benzene rings is 1. The Morgan fingerprint density at radius 1 is 1.25 bits per heavy atom. The molecular weight excluding hydrogens is 304 g/mol. The zero-order chi connectivity index (χ0) is 17.4. The van der Waals surface area contributed by atoms with Gasteiger partial charge in [0.2, 0.25) is 0 Å². The number of amides is 2. The number of urea groups is 1.